The Morgan fingerprint density at radius 2 is 1.25 bits per heavy atom. The first-order chi connectivity index (χ1) is 1.41. The molecule has 0 amide bonds. The molecule has 0 unspecified atom stereocenters. The van der Waals surface area contributed by atoms with Gasteiger partial charge in [0.1, 0.15) is 0 Å². The van der Waals surface area contributed by atoms with E-state index in [1.54, 1.807) is 0 Å². The van der Waals surface area contributed by atoms with Crippen molar-refractivity contribution in [3.05, 3.63) is 0 Å². The predicted molar refractivity (Wildman–Crippen MR) is 11.5 cm³/mol. The Bertz CT molecular complexity index is 79.2. The summed E-state index contributed by atoms with van der Waals surface area (Å²) in [7, 11) is 0. The molecule has 0 rings (SSSR count). The second kappa shape index (κ2) is 8.82. The summed E-state index contributed by atoms with van der Waals surface area (Å²) >= 11 is -0.770. The molecule has 0 heterocycles. The molecule has 0 bridgehead atoms. The van der Waals surface area contributed by atoms with Crippen LogP contribution in [0.2, 0.25) is 0 Å². The van der Waals surface area contributed by atoms with E-state index in [4.69, 9.17) is 9.45 Å². The molecule has 0 aromatic rings. The average molecular weight is 172 g/mol. The van der Waals surface area contributed by atoms with Gasteiger partial charge in [0, 0.05) is 16.8 Å². The van der Waals surface area contributed by atoms with Crippen LogP contribution in [0.4, 0.5) is 0 Å². The minimum Gasteiger partial charge on any atom is 0 e. The van der Waals surface area contributed by atoms with E-state index < -0.39 is 21.3 Å². The third-order valence-corrected chi connectivity index (χ3v) is 0. The fraction of sp³-hybridized carbons (Fsp3) is 0. The molecule has 0 aliphatic heterocycles. The van der Waals surface area contributed by atoms with Gasteiger partial charge >= 0.3 is 30.8 Å². The molecule has 0 aromatic carbocycles. The molecule has 0 spiro atoms. The molecule has 0 aliphatic carbocycles. The monoisotopic (exact) mass is 171 g/mol. The SMILES string of the molecule is [B]#[Zr]#[B].[Co]. The third kappa shape index (κ3) is 9.68. The van der Waals surface area contributed by atoms with Crippen LogP contribution in [0.25, 0.3) is 0 Å². The summed E-state index contributed by atoms with van der Waals surface area (Å²) in [4.78, 5) is 0. The zero-order valence-corrected chi connectivity index (χ0v) is 5.49. The molecule has 0 fully saturated rings. The Morgan fingerprint density at radius 3 is 1.25 bits per heavy atom. The van der Waals surface area contributed by atoms with Crippen LogP contribution in [0.3, 0.4) is 0 Å². The molecule has 0 saturated carbocycles. The summed E-state index contributed by atoms with van der Waals surface area (Å²) in [5.41, 5.74) is 0. The van der Waals surface area contributed by atoms with Crippen LogP contribution in [-0.4, -0.2) is 9.45 Å². The Hall–Kier alpha value is 1.52. The summed E-state index contributed by atoms with van der Waals surface area (Å²) in [5, 5.41) is 0. The van der Waals surface area contributed by atoms with Crippen molar-refractivity contribution in [2.75, 3.05) is 0 Å². The van der Waals surface area contributed by atoms with E-state index in [0.717, 1.165) is 0 Å². The van der Waals surface area contributed by atoms with Gasteiger partial charge in [0.25, 0.3) is 0 Å². The van der Waals surface area contributed by atoms with Crippen LogP contribution in [0.1, 0.15) is 0 Å². The smallest absolute Gasteiger partial charge is 0 e. The molecule has 0 N–H and O–H groups in total. The molecule has 4 heteroatoms. The molecule has 0 atom stereocenters. The molecule has 19 valence electrons. The predicted octanol–water partition coefficient (Wildman–Crippen LogP) is -0.767. The summed E-state index contributed by atoms with van der Waals surface area (Å²) in [6.07, 6.45) is 0. The first kappa shape index (κ1) is 9.10. The number of hydrogen-bond donors (Lipinski definition) is 0. The first-order valence-corrected chi connectivity index (χ1v) is 3.42. The van der Waals surface area contributed by atoms with Crippen molar-refractivity contribution in [2.45, 2.75) is 0 Å². The Labute approximate surface area is 47.3 Å². The van der Waals surface area contributed by atoms with Crippen LogP contribution in [0.5, 0.6) is 0 Å². The van der Waals surface area contributed by atoms with E-state index in [-0.39, 0.29) is 16.8 Å². The molecular weight excluding hydrogens is 172 g/mol. The fourth-order valence-electron chi connectivity index (χ4n) is 0. The van der Waals surface area contributed by atoms with E-state index in [0.29, 0.717) is 0 Å². The van der Waals surface area contributed by atoms with Crippen molar-refractivity contribution in [3.8, 4) is 0 Å². The molecule has 4 heavy (non-hydrogen) atoms. The van der Waals surface area contributed by atoms with Crippen molar-refractivity contribution in [3.63, 3.8) is 0 Å². The minimum absolute atomic E-state index is 0. The van der Waals surface area contributed by atoms with E-state index in [1.807, 2.05) is 0 Å². The molecule has 0 nitrogen and oxygen atoms in total. The minimum atomic E-state index is -0.770. The van der Waals surface area contributed by atoms with Gasteiger partial charge in [0.15, 0.2) is 0 Å². The summed E-state index contributed by atoms with van der Waals surface area (Å²) in [6.45, 7) is 0. The number of rotatable bonds is 0. The quantitative estimate of drug-likeness (QED) is 0.421. The fourth-order valence-corrected chi connectivity index (χ4v) is 0. The molecule has 0 aromatic heterocycles. The molecular formula is B2CoZr. The topological polar surface area (TPSA) is 0 Å². The largest absolute Gasteiger partial charge is 0 e. The maximum Gasteiger partial charge on any atom is 0 e. The second-order valence-corrected chi connectivity index (χ2v) is 0.986. The van der Waals surface area contributed by atoms with Gasteiger partial charge in [-0.1, -0.05) is 0 Å². The van der Waals surface area contributed by atoms with Gasteiger partial charge in [-0.2, -0.15) is 0 Å². The van der Waals surface area contributed by atoms with Crippen molar-refractivity contribution in [2.24, 2.45) is 0 Å². The van der Waals surface area contributed by atoms with Crippen LogP contribution < -0.4 is 0 Å². The average Bonchev–Trinajstić information content (AvgIpc) is 0.918. The van der Waals surface area contributed by atoms with E-state index in [9.17, 15) is 0 Å². The Balaban J connectivity index is 0. The maximum absolute atomic E-state index is 4.80. The standard InChI is InChI=1S/2B.Co.Zr. The van der Waals surface area contributed by atoms with Gasteiger partial charge in [0.2, 0.25) is 0 Å². The van der Waals surface area contributed by atoms with Crippen molar-refractivity contribution in [1.29, 1.82) is 0 Å². The van der Waals surface area contributed by atoms with Crippen LogP contribution in [0, 0.1) is 0 Å². The van der Waals surface area contributed by atoms with E-state index >= 15 is 0 Å². The van der Waals surface area contributed by atoms with Gasteiger partial charge in [-0.15, -0.1) is 0 Å². The van der Waals surface area contributed by atoms with Crippen LogP contribution in [-0.2, 0) is 38.1 Å². The van der Waals surface area contributed by atoms with E-state index in [1.165, 1.54) is 0 Å². The summed E-state index contributed by atoms with van der Waals surface area (Å²) in [5.74, 6) is 0. The van der Waals surface area contributed by atoms with Crippen LogP contribution in [0.15, 0.2) is 0 Å². The zero-order valence-electron chi connectivity index (χ0n) is 1.99. The van der Waals surface area contributed by atoms with Crippen molar-refractivity contribution in [1.82, 2.24) is 0 Å². The summed E-state index contributed by atoms with van der Waals surface area (Å²) < 4.78 is 9.59. The van der Waals surface area contributed by atoms with Gasteiger partial charge < -0.3 is 0 Å². The van der Waals surface area contributed by atoms with Gasteiger partial charge in [-0.05, 0) is 0 Å². The summed E-state index contributed by atoms with van der Waals surface area (Å²) in [6, 6.07) is 0. The van der Waals surface area contributed by atoms with Gasteiger partial charge in [0.05, 0.1) is 0 Å². The number of hydrogen-bond acceptors (Lipinski definition) is 0. The van der Waals surface area contributed by atoms with Gasteiger partial charge in [-0.3, -0.25) is 0 Å². The van der Waals surface area contributed by atoms with Gasteiger partial charge in [-0.25, -0.2) is 0 Å². The molecule has 0 aliphatic rings. The zero-order chi connectivity index (χ0) is 2.71. The molecule has 0 saturated heterocycles. The second-order valence-electron chi connectivity index (χ2n) is 0.167. The first-order valence-electron chi connectivity index (χ1n) is 0.577. The third-order valence-electron chi connectivity index (χ3n) is 0. The molecule has 1 radical (unpaired) electrons. The van der Waals surface area contributed by atoms with E-state index in [2.05, 4.69) is 0 Å². The van der Waals surface area contributed by atoms with Crippen molar-refractivity contribution < 1.29 is 38.1 Å². The van der Waals surface area contributed by atoms with Crippen molar-refractivity contribution >= 4 is 9.45 Å². The normalized spacial score (nSPS) is 6.00. The Morgan fingerprint density at radius 1 is 1.25 bits per heavy atom. The maximum atomic E-state index is 4.80. The van der Waals surface area contributed by atoms with Crippen LogP contribution >= 0.6 is 0 Å². The Kier molecular flexibility index (Phi) is 20.1.